The Morgan fingerprint density at radius 3 is 2.71 bits per heavy atom. The number of pyridine rings is 1. The van der Waals surface area contributed by atoms with Crippen LogP contribution in [0.2, 0.25) is 5.15 Å². The van der Waals surface area contributed by atoms with Crippen molar-refractivity contribution >= 4 is 11.6 Å². The van der Waals surface area contributed by atoms with Crippen molar-refractivity contribution < 1.29 is 4.74 Å². The van der Waals surface area contributed by atoms with Crippen LogP contribution in [-0.2, 0) is 6.61 Å². The second kappa shape index (κ2) is 5.19. The SMILES string of the molecule is Cc1ccc(OCc2cccc(Cl)n2)c(C)c1. The van der Waals surface area contributed by atoms with Crippen LogP contribution >= 0.6 is 11.6 Å². The van der Waals surface area contributed by atoms with Gasteiger partial charge < -0.3 is 4.74 Å². The monoisotopic (exact) mass is 247 g/mol. The maximum absolute atomic E-state index is 5.81. The molecule has 0 bridgehead atoms. The molecule has 0 saturated heterocycles. The van der Waals surface area contributed by atoms with E-state index in [0.717, 1.165) is 17.0 Å². The molecule has 0 unspecified atom stereocenters. The van der Waals surface area contributed by atoms with Crippen LogP contribution in [0, 0.1) is 13.8 Å². The summed E-state index contributed by atoms with van der Waals surface area (Å²) in [5.41, 5.74) is 3.19. The van der Waals surface area contributed by atoms with Crippen molar-refractivity contribution in [1.29, 1.82) is 0 Å². The lowest BCUT2D eigenvalue weighted by Crippen LogP contribution is -1.99. The Labute approximate surface area is 106 Å². The summed E-state index contributed by atoms with van der Waals surface area (Å²) in [6, 6.07) is 11.6. The second-order valence-corrected chi connectivity index (χ2v) is 4.40. The molecule has 0 fully saturated rings. The number of ether oxygens (including phenoxy) is 1. The zero-order valence-corrected chi connectivity index (χ0v) is 10.7. The zero-order chi connectivity index (χ0) is 12.3. The lowest BCUT2D eigenvalue weighted by Gasteiger charge is -2.09. The maximum Gasteiger partial charge on any atom is 0.130 e. The minimum Gasteiger partial charge on any atom is -0.487 e. The van der Waals surface area contributed by atoms with E-state index in [1.165, 1.54) is 5.56 Å². The molecular weight excluding hydrogens is 234 g/mol. The fourth-order valence-corrected chi connectivity index (χ4v) is 1.82. The van der Waals surface area contributed by atoms with Crippen molar-refractivity contribution in [1.82, 2.24) is 4.98 Å². The molecule has 0 saturated carbocycles. The largest absolute Gasteiger partial charge is 0.487 e. The highest BCUT2D eigenvalue weighted by Crippen LogP contribution is 2.19. The molecule has 88 valence electrons. The van der Waals surface area contributed by atoms with Gasteiger partial charge >= 0.3 is 0 Å². The Kier molecular flexibility index (Phi) is 3.64. The first kappa shape index (κ1) is 11.9. The summed E-state index contributed by atoms with van der Waals surface area (Å²) in [4.78, 5) is 4.18. The highest BCUT2D eigenvalue weighted by atomic mass is 35.5. The van der Waals surface area contributed by atoms with Crippen molar-refractivity contribution in [3.8, 4) is 5.75 Å². The number of hydrogen-bond donors (Lipinski definition) is 0. The first-order valence-electron chi connectivity index (χ1n) is 5.46. The van der Waals surface area contributed by atoms with Gasteiger partial charge in [-0.3, -0.25) is 0 Å². The third-order valence-corrected chi connectivity index (χ3v) is 2.69. The molecule has 3 heteroatoms. The average molecular weight is 248 g/mol. The molecule has 0 atom stereocenters. The summed E-state index contributed by atoms with van der Waals surface area (Å²) in [7, 11) is 0. The van der Waals surface area contributed by atoms with Gasteiger partial charge in [-0.15, -0.1) is 0 Å². The van der Waals surface area contributed by atoms with Gasteiger partial charge in [0.25, 0.3) is 0 Å². The van der Waals surface area contributed by atoms with Gasteiger partial charge in [-0.25, -0.2) is 4.98 Å². The molecule has 0 spiro atoms. The molecule has 1 aromatic carbocycles. The first-order chi connectivity index (χ1) is 8.15. The number of nitrogens with zero attached hydrogens (tertiary/aromatic N) is 1. The van der Waals surface area contributed by atoms with E-state index in [1.807, 2.05) is 31.2 Å². The Bertz CT molecular complexity index is 525. The van der Waals surface area contributed by atoms with Crippen LogP contribution in [0.1, 0.15) is 16.8 Å². The highest BCUT2D eigenvalue weighted by Gasteiger charge is 2.01. The zero-order valence-electron chi connectivity index (χ0n) is 9.90. The summed E-state index contributed by atoms with van der Waals surface area (Å²) in [5, 5.41) is 0.492. The van der Waals surface area contributed by atoms with Gasteiger partial charge in [-0.1, -0.05) is 35.4 Å². The minimum atomic E-state index is 0.435. The average Bonchev–Trinajstić information content (AvgIpc) is 2.28. The van der Waals surface area contributed by atoms with Gasteiger partial charge in [-0.05, 0) is 37.6 Å². The van der Waals surface area contributed by atoms with E-state index in [0.29, 0.717) is 11.8 Å². The molecule has 1 heterocycles. The summed E-state index contributed by atoms with van der Waals surface area (Å²) in [5.74, 6) is 0.886. The lowest BCUT2D eigenvalue weighted by molar-refractivity contribution is 0.299. The summed E-state index contributed by atoms with van der Waals surface area (Å²) < 4.78 is 5.71. The van der Waals surface area contributed by atoms with Crippen LogP contribution in [0.15, 0.2) is 36.4 Å². The summed E-state index contributed by atoms with van der Waals surface area (Å²) >= 11 is 5.81. The van der Waals surface area contributed by atoms with Crippen LogP contribution in [0.25, 0.3) is 0 Å². The van der Waals surface area contributed by atoms with Crippen molar-refractivity contribution in [3.05, 3.63) is 58.4 Å². The maximum atomic E-state index is 5.81. The highest BCUT2D eigenvalue weighted by molar-refractivity contribution is 6.29. The van der Waals surface area contributed by atoms with Crippen LogP contribution in [0.5, 0.6) is 5.75 Å². The van der Waals surface area contributed by atoms with E-state index in [-0.39, 0.29) is 0 Å². The Balaban J connectivity index is 2.07. The molecule has 2 rings (SSSR count). The molecule has 0 amide bonds. The quantitative estimate of drug-likeness (QED) is 0.767. The predicted octanol–water partition coefficient (Wildman–Crippen LogP) is 3.93. The summed E-state index contributed by atoms with van der Waals surface area (Å²) in [6.07, 6.45) is 0. The van der Waals surface area contributed by atoms with Crippen molar-refractivity contribution in [2.45, 2.75) is 20.5 Å². The topological polar surface area (TPSA) is 22.1 Å². The molecule has 0 N–H and O–H groups in total. The van der Waals surface area contributed by atoms with Crippen molar-refractivity contribution in [3.63, 3.8) is 0 Å². The van der Waals surface area contributed by atoms with Crippen LogP contribution < -0.4 is 4.74 Å². The van der Waals surface area contributed by atoms with Gasteiger partial charge in [0, 0.05) is 0 Å². The molecule has 0 aliphatic heterocycles. The Hall–Kier alpha value is -1.54. The summed E-state index contributed by atoms with van der Waals surface area (Å²) in [6.45, 7) is 4.54. The molecule has 17 heavy (non-hydrogen) atoms. The van der Waals surface area contributed by atoms with E-state index in [2.05, 4.69) is 18.0 Å². The number of rotatable bonds is 3. The van der Waals surface area contributed by atoms with Gasteiger partial charge in [0.05, 0.1) is 5.69 Å². The standard InChI is InChI=1S/C14H14ClNO/c1-10-6-7-13(11(2)8-10)17-9-12-4-3-5-14(15)16-12/h3-8H,9H2,1-2H3. The van der Waals surface area contributed by atoms with Crippen molar-refractivity contribution in [2.24, 2.45) is 0 Å². The Morgan fingerprint density at radius 1 is 1.18 bits per heavy atom. The third kappa shape index (κ3) is 3.21. The van der Waals surface area contributed by atoms with Gasteiger partial charge in [-0.2, -0.15) is 0 Å². The van der Waals surface area contributed by atoms with E-state index < -0.39 is 0 Å². The number of hydrogen-bond acceptors (Lipinski definition) is 2. The van der Waals surface area contributed by atoms with E-state index in [4.69, 9.17) is 16.3 Å². The third-order valence-electron chi connectivity index (χ3n) is 2.48. The molecule has 2 nitrogen and oxygen atoms in total. The predicted molar refractivity (Wildman–Crippen MR) is 69.5 cm³/mol. The smallest absolute Gasteiger partial charge is 0.130 e. The number of aromatic nitrogens is 1. The van der Waals surface area contributed by atoms with Crippen LogP contribution in [0.4, 0.5) is 0 Å². The number of halogens is 1. The molecule has 0 aliphatic carbocycles. The van der Waals surface area contributed by atoms with Gasteiger partial charge in [0.15, 0.2) is 0 Å². The molecule has 0 aliphatic rings. The molecule has 1 aromatic heterocycles. The molecule has 2 aromatic rings. The minimum absolute atomic E-state index is 0.435. The Morgan fingerprint density at radius 2 is 2.00 bits per heavy atom. The van der Waals surface area contributed by atoms with E-state index in [9.17, 15) is 0 Å². The fraction of sp³-hybridized carbons (Fsp3) is 0.214. The van der Waals surface area contributed by atoms with Crippen LogP contribution in [-0.4, -0.2) is 4.98 Å². The number of aryl methyl sites for hydroxylation is 2. The molecular formula is C14H14ClNO. The fourth-order valence-electron chi connectivity index (χ4n) is 1.64. The normalized spacial score (nSPS) is 10.3. The van der Waals surface area contributed by atoms with Gasteiger partial charge in [0.2, 0.25) is 0 Å². The van der Waals surface area contributed by atoms with Crippen LogP contribution in [0.3, 0.4) is 0 Å². The van der Waals surface area contributed by atoms with E-state index in [1.54, 1.807) is 6.07 Å². The van der Waals surface area contributed by atoms with E-state index >= 15 is 0 Å². The first-order valence-corrected chi connectivity index (χ1v) is 5.84. The molecule has 0 radical (unpaired) electrons. The second-order valence-electron chi connectivity index (χ2n) is 4.01. The van der Waals surface area contributed by atoms with Crippen molar-refractivity contribution in [2.75, 3.05) is 0 Å². The number of benzene rings is 1. The lowest BCUT2D eigenvalue weighted by atomic mass is 10.1. The van der Waals surface area contributed by atoms with Gasteiger partial charge in [0.1, 0.15) is 17.5 Å².